The van der Waals surface area contributed by atoms with Gasteiger partial charge >= 0.3 is 5.97 Å². The van der Waals surface area contributed by atoms with Gasteiger partial charge in [0.2, 0.25) is 0 Å². The smallest absolute Gasteiger partial charge is 0.343 e. The summed E-state index contributed by atoms with van der Waals surface area (Å²) in [5, 5.41) is 0.869. The topological polar surface area (TPSA) is 150 Å². The number of esters is 1. The summed E-state index contributed by atoms with van der Waals surface area (Å²) < 4.78 is 5.20. The summed E-state index contributed by atoms with van der Waals surface area (Å²) in [5.74, 6) is 0.104. The second-order valence-electron chi connectivity index (χ2n) is 8.49. The SMILES string of the molecule is COC(=O)c1c(N2CC(N)CC(N)C2)nc2ccccc2c1N1CC(N)CC(N)C1. The first-order valence-electron chi connectivity index (χ1n) is 10.4. The number of nitrogens with zero attached hydrogens (tertiary/aromatic N) is 3. The molecule has 0 amide bonds. The number of anilines is 2. The van der Waals surface area contributed by atoms with Crippen molar-refractivity contribution in [2.24, 2.45) is 22.9 Å². The van der Waals surface area contributed by atoms with Gasteiger partial charge < -0.3 is 37.5 Å². The van der Waals surface area contributed by atoms with E-state index in [2.05, 4.69) is 4.90 Å². The van der Waals surface area contributed by atoms with Crippen molar-refractivity contribution in [1.29, 1.82) is 0 Å². The van der Waals surface area contributed by atoms with Crippen LogP contribution in [0.15, 0.2) is 24.3 Å². The third-order valence-electron chi connectivity index (χ3n) is 5.88. The van der Waals surface area contributed by atoms with Gasteiger partial charge in [-0.1, -0.05) is 18.2 Å². The number of hydrogen-bond donors (Lipinski definition) is 4. The van der Waals surface area contributed by atoms with Crippen LogP contribution in [0.2, 0.25) is 0 Å². The maximum atomic E-state index is 13.1. The fourth-order valence-electron chi connectivity index (χ4n) is 4.74. The molecule has 0 spiro atoms. The van der Waals surface area contributed by atoms with Gasteiger partial charge in [0.15, 0.2) is 0 Å². The normalized spacial score (nSPS) is 27.4. The van der Waals surface area contributed by atoms with Crippen LogP contribution >= 0.6 is 0 Å². The zero-order chi connectivity index (χ0) is 21.4. The maximum absolute atomic E-state index is 13.1. The van der Waals surface area contributed by atoms with Crippen LogP contribution in [0.4, 0.5) is 11.5 Å². The molecule has 2 fully saturated rings. The molecule has 162 valence electrons. The minimum absolute atomic E-state index is 0.0774. The summed E-state index contributed by atoms with van der Waals surface area (Å²) in [6, 6.07) is 7.44. The van der Waals surface area contributed by atoms with Gasteiger partial charge in [0.1, 0.15) is 11.4 Å². The molecular weight excluding hydrogens is 382 g/mol. The number of methoxy groups -OCH3 is 1. The van der Waals surface area contributed by atoms with E-state index >= 15 is 0 Å². The summed E-state index contributed by atoms with van der Waals surface area (Å²) in [6.45, 7) is 2.34. The lowest BCUT2D eigenvalue weighted by atomic mass is 9.97. The van der Waals surface area contributed by atoms with Gasteiger partial charge in [0.25, 0.3) is 0 Å². The molecule has 3 heterocycles. The lowest BCUT2D eigenvalue weighted by Gasteiger charge is -2.40. The molecule has 4 rings (SSSR count). The number of nitrogens with two attached hydrogens (primary N) is 4. The zero-order valence-corrected chi connectivity index (χ0v) is 17.3. The van der Waals surface area contributed by atoms with Crippen LogP contribution in [-0.2, 0) is 4.74 Å². The molecule has 30 heavy (non-hydrogen) atoms. The average Bonchev–Trinajstić information content (AvgIpc) is 2.70. The third kappa shape index (κ3) is 3.93. The van der Waals surface area contributed by atoms with Crippen LogP contribution in [0.1, 0.15) is 23.2 Å². The van der Waals surface area contributed by atoms with Crippen LogP contribution in [0.5, 0.6) is 0 Å². The van der Waals surface area contributed by atoms with Crippen molar-refractivity contribution in [2.75, 3.05) is 43.1 Å². The van der Waals surface area contributed by atoms with Gasteiger partial charge in [-0.25, -0.2) is 9.78 Å². The van der Waals surface area contributed by atoms with Crippen molar-refractivity contribution >= 4 is 28.4 Å². The molecule has 1 aromatic heterocycles. The molecule has 0 bridgehead atoms. The number of para-hydroxylation sites is 1. The number of benzene rings is 1. The van der Waals surface area contributed by atoms with Crippen LogP contribution in [0, 0.1) is 0 Å². The largest absolute Gasteiger partial charge is 0.465 e. The number of hydrogen-bond acceptors (Lipinski definition) is 9. The molecule has 2 aliphatic heterocycles. The van der Waals surface area contributed by atoms with Gasteiger partial charge in [-0.05, 0) is 18.9 Å². The first kappa shape index (κ1) is 20.8. The highest BCUT2D eigenvalue weighted by Crippen LogP contribution is 2.38. The molecule has 2 saturated heterocycles. The molecule has 0 saturated carbocycles. The Balaban J connectivity index is 1.94. The first-order valence-corrected chi connectivity index (χ1v) is 10.4. The van der Waals surface area contributed by atoms with Gasteiger partial charge in [-0.3, -0.25) is 0 Å². The van der Waals surface area contributed by atoms with E-state index in [1.807, 2.05) is 29.2 Å². The Hall–Kier alpha value is -2.46. The first-order chi connectivity index (χ1) is 14.4. The molecule has 0 aliphatic carbocycles. The van der Waals surface area contributed by atoms with E-state index in [4.69, 9.17) is 32.7 Å². The van der Waals surface area contributed by atoms with E-state index in [1.165, 1.54) is 7.11 Å². The number of aromatic nitrogens is 1. The summed E-state index contributed by atoms with van der Waals surface area (Å²) in [5.41, 5.74) is 27.0. The molecule has 4 atom stereocenters. The highest BCUT2D eigenvalue weighted by atomic mass is 16.5. The van der Waals surface area contributed by atoms with Crippen LogP contribution in [0.3, 0.4) is 0 Å². The number of ether oxygens (including phenoxy) is 1. The summed E-state index contributed by atoms with van der Waals surface area (Å²) in [6.07, 6.45) is 1.48. The number of piperidine rings is 2. The summed E-state index contributed by atoms with van der Waals surface area (Å²) >= 11 is 0. The number of fused-ring (bicyclic) bond motifs is 1. The van der Waals surface area contributed by atoms with Gasteiger partial charge in [-0.2, -0.15) is 0 Å². The minimum Gasteiger partial charge on any atom is -0.465 e. The third-order valence-corrected chi connectivity index (χ3v) is 5.88. The lowest BCUT2D eigenvalue weighted by molar-refractivity contribution is 0.0601. The highest BCUT2D eigenvalue weighted by molar-refractivity contribution is 6.09. The minimum atomic E-state index is -0.446. The Labute approximate surface area is 176 Å². The number of rotatable bonds is 3. The monoisotopic (exact) mass is 413 g/mol. The van der Waals surface area contributed by atoms with E-state index in [0.717, 1.165) is 29.4 Å². The fourth-order valence-corrected chi connectivity index (χ4v) is 4.74. The van der Waals surface area contributed by atoms with E-state index < -0.39 is 5.97 Å². The summed E-state index contributed by atoms with van der Waals surface area (Å²) in [4.78, 5) is 22.0. The molecule has 9 nitrogen and oxygen atoms in total. The molecule has 0 radical (unpaired) electrons. The van der Waals surface area contributed by atoms with E-state index in [1.54, 1.807) is 0 Å². The fraction of sp³-hybridized carbons (Fsp3) is 0.524. The predicted octanol–water partition coefficient (Wildman–Crippen LogP) is -0.249. The second kappa shape index (κ2) is 8.35. The Bertz CT molecular complexity index is 917. The number of carbonyl (C=O) groups excluding carboxylic acids is 1. The standard InChI is InChI=1S/C21H31N7O2/c1-30-21(29)18-19(27-8-12(22)6-13(23)9-27)16-4-2-3-5-17(16)26-20(18)28-10-14(24)7-15(25)11-28/h2-5,12-15H,6-11,22-25H2,1H3. The molecule has 9 heteroatoms. The molecular formula is C21H31N7O2. The van der Waals surface area contributed by atoms with Crippen LogP contribution in [-0.4, -0.2) is 68.4 Å². The van der Waals surface area contributed by atoms with Crippen LogP contribution < -0.4 is 32.7 Å². The van der Waals surface area contributed by atoms with Gasteiger partial charge in [-0.15, -0.1) is 0 Å². The molecule has 4 unspecified atom stereocenters. The predicted molar refractivity (Wildman–Crippen MR) is 119 cm³/mol. The van der Waals surface area contributed by atoms with Gasteiger partial charge in [0.05, 0.1) is 18.3 Å². The van der Waals surface area contributed by atoms with Crippen molar-refractivity contribution in [3.63, 3.8) is 0 Å². The van der Waals surface area contributed by atoms with Gasteiger partial charge in [0, 0.05) is 55.7 Å². The van der Waals surface area contributed by atoms with E-state index in [0.29, 0.717) is 37.6 Å². The van der Waals surface area contributed by atoms with Crippen molar-refractivity contribution < 1.29 is 9.53 Å². The molecule has 8 N–H and O–H groups in total. The Morgan fingerprint density at radius 3 is 2.03 bits per heavy atom. The Kier molecular flexibility index (Phi) is 5.79. The Morgan fingerprint density at radius 2 is 1.47 bits per heavy atom. The van der Waals surface area contributed by atoms with Crippen LogP contribution in [0.25, 0.3) is 10.9 Å². The van der Waals surface area contributed by atoms with Crippen molar-refractivity contribution in [1.82, 2.24) is 4.98 Å². The van der Waals surface area contributed by atoms with E-state index in [-0.39, 0.29) is 24.2 Å². The van der Waals surface area contributed by atoms with E-state index in [9.17, 15) is 4.79 Å². The second-order valence-corrected chi connectivity index (χ2v) is 8.49. The Morgan fingerprint density at radius 1 is 0.933 bits per heavy atom. The quantitative estimate of drug-likeness (QED) is 0.500. The van der Waals surface area contributed by atoms with Crippen molar-refractivity contribution in [3.8, 4) is 0 Å². The summed E-state index contributed by atoms with van der Waals surface area (Å²) in [7, 11) is 1.38. The van der Waals surface area contributed by atoms with Crippen molar-refractivity contribution in [3.05, 3.63) is 29.8 Å². The van der Waals surface area contributed by atoms with Crippen molar-refractivity contribution in [2.45, 2.75) is 37.0 Å². The highest BCUT2D eigenvalue weighted by Gasteiger charge is 2.34. The maximum Gasteiger partial charge on any atom is 0.343 e. The molecule has 2 aliphatic rings. The average molecular weight is 414 g/mol. The number of pyridine rings is 1. The lowest BCUT2D eigenvalue weighted by Crippen LogP contribution is -2.54. The number of carbonyl (C=O) groups is 1. The molecule has 2 aromatic rings. The molecule has 1 aromatic carbocycles. The zero-order valence-electron chi connectivity index (χ0n) is 17.3.